The third-order valence-electron chi connectivity index (χ3n) is 17.2. The van der Waals surface area contributed by atoms with Crippen molar-refractivity contribution in [2.45, 2.75) is 382 Å². The molecular formula is C73H142O17P2. The van der Waals surface area contributed by atoms with Crippen LogP contribution in [0.5, 0.6) is 0 Å². The summed E-state index contributed by atoms with van der Waals surface area (Å²) >= 11 is 0. The second kappa shape index (κ2) is 62.6. The highest BCUT2D eigenvalue weighted by Crippen LogP contribution is 2.45. The fraction of sp³-hybridized carbons (Fsp3) is 0.945. The smallest absolute Gasteiger partial charge is 0.462 e. The molecule has 0 radical (unpaired) electrons. The van der Waals surface area contributed by atoms with Crippen LogP contribution in [0.15, 0.2) is 0 Å². The van der Waals surface area contributed by atoms with Crippen LogP contribution in [-0.2, 0) is 65.4 Å². The molecule has 92 heavy (non-hydrogen) atoms. The molecule has 0 fully saturated rings. The molecule has 0 aliphatic carbocycles. The van der Waals surface area contributed by atoms with Gasteiger partial charge in [-0.05, 0) is 49.4 Å². The molecule has 0 rings (SSSR count). The zero-order chi connectivity index (χ0) is 68.2. The van der Waals surface area contributed by atoms with E-state index in [0.717, 1.165) is 114 Å². The zero-order valence-electron chi connectivity index (χ0n) is 60.2. The van der Waals surface area contributed by atoms with Gasteiger partial charge in [-0.15, -0.1) is 0 Å². The quantitative estimate of drug-likeness (QED) is 0.0222. The number of rotatable bonds is 70. The highest BCUT2D eigenvalue weighted by molar-refractivity contribution is 7.47. The lowest BCUT2D eigenvalue weighted by Crippen LogP contribution is -2.30. The minimum atomic E-state index is -4.95. The maximum Gasteiger partial charge on any atom is 0.472 e. The third kappa shape index (κ3) is 65.4. The van der Waals surface area contributed by atoms with Crippen LogP contribution < -0.4 is 0 Å². The lowest BCUT2D eigenvalue weighted by Gasteiger charge is -2.21. The molecule has 0 heterocycles. The van der Waals surface area contributed by atoms with E-state index in [-0.39, 0.29) is 25.7 Å². The second-order valence-corrected chi connectivity index (χ2v) is 30.9. The fourth-order valence-corrected chi connectivity index (χ4v) is 12.6. The molecule has 6 atom stereocenters. The molecular weight excluding hydrogens is 1210 g/mol. The SMILES string of the molecule is CCC(C)CCCCCCCCC(=O)OC[C@H](COP(=O)(O)OC[C@H](O)COP(=O)(O)OC[C@@H](COC(=O)CCCCCCCCCCCCCCCC(C)C)OC(=O)CCCCCCCCCC(C)C)OC(=O)CCCCCCCCCCCCCCCC(C)C. The topological polar surface area (TPSA) is 237 Å². The van der Waals surface area contributed by atoms with Gasteiger partial charge in [0, 0.05) is 25.7 Å². The lowest BCUT2D eigenvalue weighted by molar-refractivity contribution is -0.161. The largest absolute Gasteiger partial charge is 0.472 e. The van der Waals surface area contributed by atoms with Crippen molar-refractivity contribution in [1.29, 1.82) is 0 Å². The predicted octanol–water partition coefficient (Wildman–Crippen LogP) is 20.9. The number of hydrogen-bond acceptors (Lipinski definition) is 15. The standard InChI is InChI=1S/C73H142O17P2/c1-9-66(8)52-44-36-31-32-38-46-54-71(76)84-60-69(89-72(77)55-47-39-29-23-19-15-11-13-17-21-26-34-42-50-64(4)5)62-88-92(81,82)86-58-67(74)57-85-91(79,80)87-61-68(90-73(78)56-48-40-30-24-27-35-43-51-65(6)7)59-83-70(75)53-45-37-28-22-18-14-10-12-16-20-25-33-41-49-63(2)3/h63-69,74H,9-62H2,1-8H3,(H,79,80)(H,81,82)/t66?,67-,68-,69-/m1/s1. The first-order valence-electron chi connectivity index (χ1n) is 37.7. The van der Waals surface area contributed by atoms with E-state index in [4.69, 9.17) is 37.0 Å². The molecule has 3 N–H and O–H groups in total. The Morgan fingerprint density at radius 2 is 0.522 bits per heavy atom. The van der Waals surface area contributed by atoms with E-state index >= 15 is 0 Å². The molecule has 0 aromatic rings. The summed E-state index contributed by atoms with van der Waals surface area (Å²) in [5, 5.41) is 10.6. The van der Waals surface area contributed by atoms with E-state index in [1.165, 1.54) is 161 Å². The van der Waals surface area contributed by atoms with Gasteiger partial charge in [-0.2, -0.15) is 0 Å². The highest BCUT2D eigenvalue weighted by atomic mass is 31.2. The minimum Gasteiger partial charge on any atom is -0.462 e. The van der Waals surface area contributed by atoms with E-state index in [0.29, 0.717) is 31.6 Å². The predicted molar refractivity (Wildman–Crippen MR) is 372 cm³/mol. The van der Waals surface area contributed by atoms with E-state index in [9.17, 15) is 43.2 Å². The number of carbonyl (C=O) groups excluding carboxylic acids is 4. The normalized spacial score (nSPS) is 14.5. The van der Waals surface area contributed by atoms with Crippen molar-refractivity contribution in [3.8, 4) is 0 Å². The van der Waals surface area contributed by atoms with Crippen molar-refractivity contribution in [3.63, 3.8) is 0 Å². The van der Waals surface area contributed by atoms with Gasteiger partial charge < -0.3 is 33.8 Å². The summed E-state index contributed by atoms with van der Waals surface area (Å²) in [5.41, 5.74) is 0. The van der Waals surface area contributed by atoms with Crippen LogP contribution in [0, 0.1) is 23.7 Å². The summed E-state index contributed by atoms with van der Waals surface area (Å²) in [4.78, 5) is 72.6. The van der Waals surface area contributed by atoms with Gasteiger partial charge in [-0.1, -0.05) is 312 Å². The molecule has 0 aliphatic heterocycles. The van der Waals surface area contributed by atoms with Gasteiger partial charge in [0.2, 0.25) is 0 Å². The van der Waals surface area contributed by atoms with Crippen molar-refractivity contribution in [1.82, 2.24) is 0 Å². The van der Waals surface area contributed by atoms with Crippen molar-refractivity contribution in [2.24, 2.45) is 23.7 Å². The summed E-state index contributed by atoms with van der Waals surface area (Å²) in [6.07, 6.45) is 45.9. The van der Waals surface area contributed by atoms with Crippen molar-refractivity contribution >= 4 is 39.5 Å². The molecule has 19 heteroatoms. The molecule has 546 valence electrons. The maximum absolute atomic E-state index is 13.0. The third-order valence-corrected chi connectivity index (χ3v) is 19.1. The van der Waals surface area contributed by atoms with E-state index in [1.807, 2.05) is 0 Å². The number of aliphatic hydroxyl groups is 1. The fourth-order valence-electron chi connectivity index (χ4n) is 11.0. The Morgan fingerprint density at radius 1 is 0.304 bits per heavy atom. The van der Waals surface area contributed by atoms with Gasteiger partial charge in [0.15, 0.2) is 12.2 Å². The Morgan fingerprint density at radius 3 is 0.772 bits per heavy atom. The molecule has 0 aromatic carbocycles. The minimum absolute atomic E-state index is 0.103. The molecule has 0 aliphatic rings. The van der Waals surface area contributed by atoms with Crippen LogP contribution in [0.25, 0.3) is 0 Å². The van der Waals surface area contributed by atoms with Crippen molar-refractivity contribution in [3.05, 3.63) is 0 Å². The Kier molecular flexibility index (Phi) is 61.3. The first-order valence-corrected chi connectivity index (χ1v) is 40.7. The Bertz CT molecular complexity index is 1820. The molecule has 0 amide bonds. The molecule has 0 bridgehead atoms. The van der Waals surface area contributed by atoms with Gasteiger partial charge in [0.25, 0.3) is 0 Å². The average Bonchev–Trinajstić information content (AvgIpc) is 3.00. The summed E-state index contributed by atoms with van der Waals surface area (Å²) in [6, 6.07) is 0. The van der Waals surface area contributed by atoms with Gasteiger partial charge in [-0.3, -0.25) is 37.3 Å². The Labute approximate surface area is 562 Å². The first-order chi connectivity index (χ1) is 44.1. The molecule has 0 saturated heterocycles. The van der Waals surface area contributed by atoms with Crippen LogP contribution in [-0.4, -0.2) is 96.7 Å². The number of carbonyl (C=O) groups is 4. The van der Waals surface area contributed by atoms with Crippen LogP contribution in [0.2, 0.25) is 0 Å². The van der Waals surface area contributed by atoms with Gasteiger partial charge >= 0.3 is 39.5 Å². The zero-order valence-corrected chi connectivity index (χ0v) is 62.0. The van der Waals surface area contributed by atoms with E-state index < -0.39 is 97.5 Å². The number of phosphoric ester groups is 2. The Balaban J connectivity index is 5.21. The van der Waals surface area contributed by atoms with Crippen LogP contribution in [0.1, 0.15) is 364 Å². The lowest BCUT2D eigenvalue weighted by atomic mass is 10.00. The summed E-state index contributed by atoms with van der Waals surface area (Å²) in [5.74, 6) is 0.876. The van der Waals surface area contributed by atoms with Gasteiger partial charge in [0.05, 0.1) is 26.4 Å². The Hall–Kier alpha value is -1.94. The number of phosphoric acid groups is 2. The van der Waals surface area contributed by atoms with Crippen LogP contribution in [0.4, 0.5) is 0 Å². The van der Waals surface area contributed by atoms with Crippen molar-refractivity contribution in [2.75, 3.05) is 39.6 Å². The summed E-state index contributed by atoms with van der Waals surface area (Å²) < 4.78 is 68.4. The average molecular weight is 1350 g/mol. The first kappa shape index (κ1) is 90.1. The number of ether oxygens (including phenoxy) is 4. The maximum atomic E-state index is 13.0. The molecule has 0 spiro atoms. The number of hydrogen-bond donors (Lipinski definition) is 3. The molecule has 0 aromatic heterocycles. The number of unbranched alkanes of at least 4 members (excludes halogenated alkanes) is 35. The monoisotopic (exact) mass is 1350 g/mol. The van der Waals surface area contributed by atoms with Crippen LogP contribution in [0.3, 0.4) is 0 Å². The summed E-state index contributed by atoms with van der Waals surface area (Å²) in [6.45, 7) is 14.1. The van der Waals surface area contributed by atoms with E-state index in [2.05, 4.69) is 55.4 Å². The number of aliphatic hydroxyl groups excluding tert-OH is 1. The highest BCUT2D eigenvalue weighted by Gasteiger charge is 2.30. The van der Waals surface area contributed by atoms with Gasteiger partial charge in [0.1, 0.15) is 19.3 Å². The van der Waals surface area contributed by atoms with Crippen molar-refractivity contribution < 1.29 is 80.2 Å². The molecule has 0 saturated carbocycles. The molecule has 3 unspecified atom stereocenters. The number of esters is 4. The van der Waals surface area contributed by atoms with Gasteiger partial charge in [-0.25, -0.2) is 9.13 Å². The second-order valence-electron chi connectivity index (χ2n) is 28.0. The van der Waals surface area contributed by atoms with E-state index in [1.54, 1.807) is 0 Å². The molecule has 17 nitrogen and oxygen atoms in total. The summed E-state index contributed by atoms with van der Waals surface area (Å²) in [7, 11) is -9.91. The van der Waals surface area contributed by atoms with Crippen LogP contribution >= 0.6 is 15.6 Å².